The van der Waals surface area contributed by atoms with Gasteiger partial charge in [0.15, 0.2) is 0 Å². The van der Waals surface area contributed by atoms with Gasteiger partial charge in [0.25, 0.3) is 0 Å². The molecule has 0 bridgehead atoms. The van der Waals surface area contributed by atoms with Gasteiger partial charge in [0.2, 0.25) is 0 Å². The molecule has 2 rings (SSSR count). The van der Waals surface area contributed by atoms with Crippen LogP contribution in [0.1, 0.15) is 33.6 Å². The molecule has 0 fully saturated rings. The smallest absolute Gasteiger partial charge is 0.0446 e. The molecule has 2 aromatic carbocycles. The van der Waals surface area contributed by atoms with Crippen LogP contribution in [0.25, 0.3) is 10.8 Å². The van der Waals surface area contributed by atoms with Crippen LogP contribution in [0.15, 0.2) is 42.5 Å². The molecule has 0 aliphatic rings. The summed E-state index contributed by atoms with van der Waals surface area (Å²) in [7, 11) is 0. The summed E-state index contributed by atoms with van der Waals surface area (Å²) >= 11 is 0. The Bertz CT molecular complexity index is 555. The quantitative estimate of drug-likeness (QED) is 0.853. The highest BCUT2D eigenvalue weighted by molar-refractivity contribution is 5.94. The van der Waals surface area contributed by atoms with Crippen molar-refractivity contribution in [2.75, 3.05) is 18.0 Å². The van der Waals surface area contributed by atoms with Crippen molar-refractivity contribution in [3.8, 4) is 0 Å². The minimum atomic E-state index is -0.137. The van der Waals surface area contributed by atoms with Crippen LogP contribution in [0, 0.1) is 0 Å². The third-order valence-electron chi connectivity index (χ3n) is 3.86. The van der Waals surface area contributed by atoms with Crippen molar-refractivity contribution >= 4 is 16.5 Å². The summed E-state index contributed by atoms with van der Waals surface area (Å²) in [6, 6.07) is 15.1. The van der Waals surface area contributed by atoms with Crippen molar-refractivity contribution in [2.45, 2.75) is 39.2 Å². The average Bonchev–Trinajstić information content (AvgIpc) is 2.44. The molecule has 0 aliphatic carbocycles. The number of hydrogen-bond acceptors (Lipinski definition) is 2. The molecule has 0 spiro atoms. The largest absolute Gasteiger partial charge is 0.369 e. The van der Waals surface area contributed by atoms with E-state index in [4.69, 9.17) is 5.73 Å². The number of benzene rings is 2. The minimum Gasteiger partial charge on any atom is -0.369 e. The van der Waals surface area contributed by atoms with Crippen LogP contribution in [0.3, 0.4) is 0 Å². The number of nitrogens with zero attached hydrogens (tertiary/aromatic N) is 1. The van der Waals surface area contributed by atoms with E-state index in [0.717, 1.165) is 25.9 Å². The molecule has 20 heavy (non-hydrogen) atoms. The summed E-state index contributed by atoms with van der Waals surface area (Å²) in [4.78, 5) is 2.40. The maximum atomic E-state index is 6.44. The molecule has 0 saturated carbocycles. The Hall–Kier alpha value is -1.54. The predicted octanol–water partition coefficient (Wildman–Crippen LogP) is 4.18. The fourth-order valence-electron chi connectivity index (χ4n) is 2.94. The van der Waals surface area contributed by atoms with Gasteiger partial charge in [0, 0.05) is 29.7 Å². The van der Waals surface area contributed by atoms with Gasteiger partial charge in [-0.2, -0.15) is 0 Å². The van der Waals surface area contributed by atoms with E-state index in [9.17, 15) is 0 Å². The molecule has 1 unspecified atom stereocenters. The van der Waals surface area contributed by atoms with Gasteiger partial charge in [-0.3, -0.25) is 0 Å². The fourth-order valence-corrected chi connectivity index (χ4v) is 2.94. The van der Waals surface area contributed by atoms with E-state index in [1.54, 1.807) is 0 Å². The van der Waals surface area contributed by atoms with Crippen molar-refractivity contribution in [1.82, 2.24) is 0 Å². The third-order valence-corrected chi connectivity index (χ3v) is 3.86. The van der Waals surface area contributed by atoms with E-state index in [1.807, 2.05) is 0 Å². The Kier molecular flexibility index (Phi) is 4.66. The SMILES string of the molecule is CCCC(C)(N)CN(CC)c1cccc2ccccc12. The Morgan fingerprint density at radius 3 is 2.45 bits per heavy atom. The van der Waals surface area contributed by atoms with Crippen LogP contribution in [0.4, 0.5) is 5.69 Å². The van der Waals surface area contributed by atoms with E-state index >= 15 is 0 Å². The van der Waals surface area contributed by atoms with Crippen molar-refractivity contribution in [3.63, 3.8) is 0 Å². The Morgan fingerprint density at radius 1 is 1.05 bits per heavy atom. The van der Waals surface area contributed by atoms with Crippen LogP contribution in [0.2, 0.25) is 0 Å². The zero-order chi connectivity index (χ0) is 14.6. The standard InChI is InChI=1S/C18H26N2/c1-4-13-18(3,19)14-20(5-2)17-12-8-10-15-9-6-7-11-16(15)17/h6-12H,4-5,13-14,19H2,1-3H3. The predicted molar refractivity (Wildman–Crippen MR) is 89.3 cm³/mol. The van der Waals surface area contributed by atoms with Gasteiger partial charge in [-0.05, 0) is 31.7 Å². The molecule has 0 aliphatic heterocycles. The van der Waals surface area contributed by atoms with E-state index in [2.05, 4.69) is 68.1 Å². The lowest BCUT2D eigenvalue weighted by molar-refractivity contribution is 0.425. The highest BCUT2D eigenvalue weighted by atomic mass is 15.1. The first-order chi connectivity index (χ1) is 9.57. The zero-order valence-corrected chi connectivity index (χ0v) is 12.9. The molecular formula is C18H26N2. The molecular weight excluding hydrogens is 244 g/mol. The summed E-state index contributed by atoms with van der Waals surface area (Å²) in [5.74, 6) is 0. The topological polar surface area (TPSA) is 29.3 Å². The van der Waals surface area contributed by atoms with Gasteiger partial charge in [-0.25, -0.2) is 0 Å². The second kappa shape index (κ2) is 6.27. The van der Waals surface area contributed by atoms with Crippen LogP contribution in [0.5, 0.6) is 0 Å². The van der Waals surface area contributed by atoms with Crippen LogP contribution in [-0.4, -0.2) is 18.6 Å². The van der Waals surface area contributed by atoms with Gasteiger partial charge in [0.05, 0.1) is 0 Å². The maximum Gasteiger partial charge on any atom is 0.0446 e. The van der Waals surface area contributed by atoms with E-state index in [-0.39, 0.29) is 5.54 Å². The highest BCUT2D eigenvalue weighted by Gasteiger charge is 2.21. The number of fused-ring (bicyclic) bond motifs is 1. The minimum absolute atomic E-state index is 0.137. The molecule has 0 radical (unpaired) electrons. The van der Waals surface area contributed by atoms with Crippen LogP contribution in [-0.2, 0) is 0 Å². The molecule has 0 saturated heterocycles. The third kappa shape index (κ3) is 3.31. The Balaban J connectivity index is 2.35. The zero-order valence-electron chi connectivity index (χ0n) is 12.9. The molecule has 2 N–H and O–H groups in total. The summed E-state index contributed by atoms with van der Waals surface area (Å²) < 4.78 is 0. The average molecular weight is 270 g/mol. The number of likely N-dealkylation sites (N-methyl/N-ethyl adjacent to an activating group) is 1. The lowest BCUT2D eigenvalue weighted by atomic mass is 9.96. The number of nitrogens with two attached hydrogens (primary N) is 1. The van der Waals surface area contributed by atoms with E-state index in [1.165, 1.54) is 16.5 Å². The molecule has 2 nitrogen and oxygen atoms in total. The molecule has 0 amide bonds. The highest BCUT2D eigenvalue weighted by Crippen LogP contribution is 2.28. The first kappa shape index (κ1) is 14.9. The van der Waals surface area contributed by atoms with E-state index in [0.29, 0.717) is 0 Å². The summed E-state index contributed by atoms with van der Waals surface area (Å²) in [5, 5.41) is 2.60. The maximum absolute atomic E-state index is 6.44. The normalized spacial score (nSPS) is 14.2. The van der Waals surface area contributed by atoms with Gasteiger partial charge in [-0.15, -0.1) is 0 Å². The molecule has 2 aromatic rings. The second-order valence-corrected chi connectivity index (χ2v) is 5.92. The van der Waals surface area contributed by atoms with Gasteiger partial charge >= 0.3 is 0 Å². The van der Waals surface area contributed by atoms with Crippen molar-refractivity contribution in [1.29, 1.82) is 0 Å². The van der Waals surface area contributed by atoms with Gasteiger partial charge < -0.3 is 10.6 Å². The number of anilines is 1. The summed E-state index contributed by atoms with van der Waals surface area (Å²) in [5.41, 5.74) is 7.60. The van der Waals surface area contributed by atoms with Gasteiger partial charge in [0.1, 0.15) is 0 Å². The van der Waals surface area contributed by atoms with Gasteiger partial charge in [-0.1, -0.05) is 49.7 Å². The summed E-state index contributed by atoms with van der Waals surface area (Å²) in [6.45, 7) is 8.42. The van der Waals surface area contributed by atoms with E-state index < -0.39 is 0 Å². The molecule has 0 heterocycles. The molecule has 2 heteroatoms. The first-order valence-electron chi connectivity index (χ1n) is 7.59. The Labute approximate surface area is 122 Å². The van der Waals surface area contributed by atoms with Crippen molar-refractivity contribution in [2.24, 2.45) is 5.73 Å². The van der Waals surface area contributed by atoms with Crippen molar-refractivity contribution < 1.29 is 0 Å². The number of hydrogen-bond donors (Lipinski definition) is 1. The monoisotopic (exact) mass is 270 g/mol. The first-order valence-corrected chi connectivity index (χ1v) is 7.59. The number of rotatable bonds is 6. The summed E-state index contributed by atoms with van der Waals surface area (Å²) in [6.07, 6.45) is 2.17. The Morgan fingerprint density at radius 2 is 1.75 bits per heavy atom. The molecule has 0 aromatic heterocycles. The second-order valence-electron chi connectivity index (χ2n) is 5.92. The molecule has 108 valence electrons. The molecule has 1 atom stereocenters. The van der Waals surface area contributed by atoms with Crippen LogP contribution >= 0.6 is 0 Å². The van der Waals surface area contributed by atoms with Crippen molar-refractivity contribution in [3.05, 3.63) is 42.5 Å². The lowest BCUT2D eigenvalue weighted by Gasteiger charge is -2.34. The lowest BCUT2D eigenvalue weighted by Crippen LogP contribution is -2.48. The fraction of sp³-hybridized carbons (Fsp3) is 0.444. The van der Waals surface area contributed by atoms with Crippen LogP contribution < -0.4 is 10.6 Å².